The van der Waals surface area contributed by atoms with Gasteiger partial charge in [0.2, 0.25) is 0 Å². The summed E-state index contributed by atoms with van der Waals surface area (Å²) in [5.41, 5.74) is 3.31. The molecule has 1 aliphatic rings. The summed E-state index contributed by atoms with van der Waals surface area (Å²) in [6, 6.07) is 4.02. The molecule has 0 saturated carbocycles. The average Bonchev–Trinajstić information content (AvgIpc) is 2.80. The summed E-state index contributed by atoms with van der Waals surface area (Å²) in [6.45, 7) is 7.36. The van der Waals surface area contributed by atoms with Crippen molar-refractivity contribution in [3.05, 3.63) is 47.1 Å². The molecule has 1 fully saturated rings. The Kier molecular flexibility index (Phi) is 3.80. The van der Waals surface area contributed by atoms with Gasteiger partial charge in [-0.2, -0.15) is 0 Å². The average molecular weight is 273 g/mol. The summed E-state index contributed by atoms with van der Waals surface area (Å²) in [5.74, 6) is 0.909. The smallest absolute Gasteiger partial charge is 0.138 e. The highest BCUT2D eigenvalue weighted by molar-refractivity contribution is 5.21. The lowest BCUT2D eigenvalue weighted by Gasteiger charge is -2.32. The molecule has 1 saturated heterocycles. The number of morpholine rings is 1. The number of nitrogens with zero attached hydrogens (tertiary/aromatic N) is 3. The van der Waals surface area contributed by atoms with Crippen molar-refractivity contribution in [3.63, 3.8) is 0 Å². The van der Waals surface area contributed by atoms with Crippen molar-refractivity contribution in [3.8, 4) is 0 Å². The van der Waals surface area contributed by atoms with Gasteiger partial charge in [0.05, 0.1) is 18.4 Å². The summed E-state index contributed by atoms with van der Waals surface area (Å²) in [6.07, 6.45) is 3.76. The molecule has 1 unspecified atom stereocenters. The van der Waals surface area contributed by atoms with Crippen LogP contribution < -0.4 is 0 Å². The van der Waals surface area contributed by atoms with Crippen LogP contribution in [0.2, 0.25) is 0 Å². The molecule has 0 amide bonds. The number of aryl methyl sites for hydroxylation is 2. The molecule has 0 aromatic carbocycles. The quantitative estimate of drug-likeness (QED) is 0.858. The molecule has 2 aromatic heterocycles. The molecule has 3 heterocycles. The van der Waals surface area contributed by atoms with E-state index < -0.39 is 0 Å². The number of hydrogen-bond donors (Lipinski definition) is 0. The topological polar surface area (TPSA) is 51.4 Å². The molecular weight excluding hydrogens is 254 g/mol. The van der Waals surface area contributed by atoms with Crippen LogP contribution in [0.5, 0.6) is 0 Å². The molecular formula is C15H19N3O2. The fourth-order valence-corrected chi connectivity index (χ4v) is 2.57. The van der Waals surface area contributed by atoms with Crippen molar-refractivity contribution in [2.24, 2.45) is 0 Å². The molecule has 5 heteroatoms. The number of pyridine rings is 1. The molecule has 3 rings (SSSR count). The van der Waals surface area contributed by atoms with E-state index in [0.29, 0.717) is 0 Å². The van der Waals surface area contributed by atoms with Crippen molar-refractivity contribution in [2.75, 3.05) is 19.7 Å². The first kappa shape index (κ1) is 13.3. The first-order chi connectivity index (χ1) is 9.74. The number of rotatable bonds is 3. The molecule has 2 aromatic rings. The maximum Gasteiger partial charge on any atom is 0.138 e. The Morgan fingerprint density at radius 1 is 1.40 bits per heavy atom. The largest absolute Gasteiger partial charge is 0.371 e. The zero-order chi connectivity index (χ0) is 13.9. The van der Waals surface area contributed by atoms with E-state index in [-0.39, 0.29) is 6.10 Å². The van der Waals surface area contributed by atoms with E-state index in [0.717, 1.165) is 43.3 Å². The number of hydrogen-bond acceptors (Lipinski definition) is 5. The second kappa shape index (κ2) is 5.73. The molecule has 0 aliphatic carbocycles. The fourth-order valence-electron chi connectivity index (χ4n) is 2.57. The van der Waals surface area contributed by atoms with Gasteiger partial charge in [-0.15, -0.1) is 0 Å². The number of aromatic nitrogens is 2. The number of ether oxygens (including phenoxy) is 1. The summed E-state index contributed by atoms with van der Waals surface area (Å²) in [5, 5.41) is 4.02. The van der Waals surface area contributed by atoms with Gasteiger partial charge < -0.3 is 9.26 Å². The van der Waals surface area contributed by atoms with E-state index in [1.807, 2.05) is 26.1 Å². The van der Waals surface area contributed by atoms with Crippen LogP contribution in [0, 0.1) is 13.8 Å². The minimum Gasteiger partial charge on any atom is -0.371 e. The van der Waals surface area contributed by atoms with Gasteiger partial charge >= 0.3 is 0 Å². The third-order valence-corrected chi connectivity index (χ3v) is 3.77. The second-order valence-corrected chi connectivity index (χ2v) is 5.18. The summed E-state index contributed by atoms with van der Waals surface area (Å²) < 4.78 is 11.1. The van der Waals surface area contributed by atoms with Crippen LogP contribution in [0.25, 0.3) is 0 Å². The Morgan fingerprint density at radius 3 is 3.00 bits per heavy atom. The van der Waals surface area contributed by atoms with Gasteiger partial charge in [0, 0.05) is 43.2 Å². The van der Waals surface area contributed by atoms with Gasteiger partial charge in [0.25, 0.3) is 0 Å². The van der Waals surface area contributed by atoms with Crippen molar-refractivity contribution >= 4 is 0 Å². The lowest BCUT2D eigenvalue weighted by molar-refractivity contribution is -0.0332. The van der Waals surface area contributed by atoms with Gasteiger partial charge in [0.15, 0.2) is 0 Å². The van der Waals surface area contributed by atoms with E-state index in [9.17, 15) is 0 Å². The summed E-state index contributed by atoms with van der Waals surface area (Å²) in [7, 11) is 0. The van der Waals surface area contributed by atoms with Crippen LogP contribution in [0.15, 0.2) is 29.0 Å². The highest BCUT2D eigenvalue weighted by Crippen LogP contribution is 2.24. The monoisotopic (exact) mass is 273 g/mol. The van der Waals surface area contributed by atoms with Crippen molar-refractivity contribution in [1.82, 2.24) is 15.0 Å². The van der Waals surface area contributed by atoms with Crippen LogP contribution in [0.3, 0.4) is 0 Å². The third-order valence-electron chi connectivity index (χ3n) is 3.77. The normalized spacial score (nSPS) is 20.2. The standard InChI is InChI=1S/C15H19N3O2/c1-11-14(12(2)20-17-11)9-18-6-7-19-15(10-18)13-4-3-5-16-8-13/h3-5,8,15H,6-7,9-10H2,1-2H3. The predicted octanol–water partition coefficient (Wildman–Crippen LogP) is 2.26. The molecule has 5 nitrogen and oxygen atoms in total. The summed E-state index contributed by atoms with van der Waals surface area (Å²) >= 11 is 0. The van der Waals surface area contributed by atoms with Crippen molar-refractivity contribution in [2.45, 2.75) is 26.5 Å². The molecule has 1 aliphatic heterocycles. The maximum absolute atomic E-state index is 5.85. The van der Waals surface area contributed by atoms with Crippen molar-refractivity contribution in [1.29, 1.82) is 0 Å². The Balaban J connectivity index is 1.70. The molecule has 0 radical (unpaired) electrons. The molecule has 106 valence electrons. The minimum absolute atomic E-state index is 0.0953. The Morgan fingerprint density at radius 2 is 2.30 bits per heavy atom. The van der Waals surface area contributed by atoms with E-state index in [1.54, 1.807) is 6.20 Å². The molecule has 0 bridgehead atoms. The Labute approximate surface area is 118 Å². The van der Waals surface area contributed by atoms with Crippen LogP contribution in [-0.2, 0) is 11.3 Å². The van der Waals surface area contributed by atoms with E-state index in [4.69, 9.17) is 9.26 Å². The van der Waals surface area contributed by atoms with Crippen LogP contribution >= 0.6 is 0 Å². The third kappa shape index (κ3) is 2.73. The summed E-state index contributed by atoms with van der Waals surface area (Å²) in [4.78, 5) is 6.55. The second-order valence-electron chi connectivity index (χ2n) is 5.18. The van der Waals surface area contributed by atoms with Gasteiger partial charge in [-0.3, -0.25) is 9.88 Å². The van der Waals surface area contributed by atoms with Crippen LogP contribution in [0.4, 0.5) is 0 Å². The molecule has 1 atom stereocenters. The van der Waals surface area contributed by atoms with E-state index in [1.165, 1.54) is 5.56 Å². The van der Waals surface area contributed by atoms with Gasteiger partial charge in [-0.05, 0) is 19.9 Å². The zero-order valence-corrected chi connectivity index (χ0v) is 11.9. The Bertz CT molecular complexity index is 548. The minimum atomic E-state index is 0.0953. The fraction of sp³-hybridized carbons (Fsp3) is 0.467. The first-order valence-electron chi connectivity index (χ1n) is 6.89. The van der Waals surface area contributed by atoms with Crippen molar-refractivity contribution < 1.29 is 9.26 Å². The van der Waals surface area contributed by atoms with Crippen LogP contribution in [-0.4, -0.2) is 34.7 Å². The molecule has 0 N–H and O–H groups in total. The Hall–Kier alpha value is -1.72. The lowest BCUT2D eigenvalue weighted by atomic mass is 10.1. The zero-order valence-electron chi connectivity index (χ0n) is 11.9. The SMILES string of the molecule is Cc1noc(C)c1CN1CCOC(c2cccnc2)C1. The maximum atomic E-state index is 5.85. The lowest BCUT2D eigenvalue weighted by Crippen LogP contribution is -2.38. The van der Waals surface area contributed by atoms with E-state index >= 15 is 0 Å². The van der Waals surface area contributed by atoms with E-state index in [2.05, 4.69) is 21.1 Å². The first-order valence-corrected chi connectivity index (χ1v) is 6.89. The highest BCUT2D eigenvalue weighted by atomic mass is 16.5. The molecule has 0 spiro atoms. The predicted molar refractivity (Wildman–Crippen MR) is 74.2 cm³/mol. The molecule has 20 heavy (non-hydrogen) atoms. The highest BCUT2D eigenvalue weighted by Gasteiger charge is 2.23. The van der Waals surface area contributed by atoms with Gasteiger partial charge in [-0.1, -0.05) is 11.2 Å². The van der Waals surface area contributed by atoms with Crippen LogP contribution in [0.1, 0.15) is 28.7 Å². The van der Waals surface area contributed by atoms with Gasteiger partial charge in [0.1, 0.15) is 5.76 Å². The van der Waals surface area contributed by atoms with Gasteiger partial charge in [-0.25, -0.2) is 0 Å².